The van der Waals surface area contributed by atoms with Gasteiger partial charge in [-0.25, -0.2) is 9.59 Å². The Morgan fingerprint density at radius 1 is 0.982 bits per heavy atom. The van der Waals surface area contributed by atoms with E-state index in [2.05, 4.69) is 32.9 Å². The fourth-order valence-electron chi connectivity index (χ4n) is 9.29. The third-order valence-corrected chi connectivity index (χ3v) is 12.2. The summed E-state index contributed by atoms with van der Waals surface area (Å²) in [6.07, 6.45) is 7.73. The van der Waals surface area contributed by atoms with Crippen LogP contribution in [-0.2, 0) is 22.2 Å². The van der Waals surface area contributed by atoms with E-state index in [1.165, 1.54) is 4.90 Å². The molecule has 0 bridgehead atoms. The van der Waals surface area contributed by atoms with Crippen molar-refractivity contribution in [2.75, 3.05) is 36.5 Å². The number of carboxylic acid groups (broad SMARTS) is 1. The van der Waals surface area contributed by atoms with Crippen molar-refractivity contribution in [3.63, 3.8) is 0 Å². The van der Waals surface area contributed by atoms with E-state index in [9.17, 15) is 29.4 Å². The number of rotatable bonds is 8. The van der Waals surface area contributed by atoms with Crippen molar-refractivity contribution < 1.29 is 24.6 Å². The number of imide groups is 1. The Morgan fingerprint density at radius 3 is 2.29 bits per heavy atom. The average molecular weight is 757 g/mol. The molecular weight excluding hydrogens is 701 g/mol. The summed E-state index contributed by atoms with van der Waals surface area (Å²) in [6, 6.07) is 9.61. The Kier molecular flexibility index (Phi) is 10.1. The number of hydrogen-bond acceptors (Lipinski definition) is 8. The highest BCUT2D eigenvalue weighted by atomic mass is 16.4. The van der Waals surface area contributed by atoms with Gasteiger partial charge >= 0.3 is 11.8 Å². The van der Waals surface area contributed by atoms with Gasteiger partial charge in [0, 0.05) is 61.8 Å². The molecule has 14 heteroatoms. The zero-order valence-corrected chi connectivity index (χ0v) is 33.2. The maximum atomic E-state index is 13.5. The Labute approximate surface area is 321 Å². The van der Waals surface area contributed by atoms with Crippen LogP contribution in [0.25, 0.3) is 21.9 Å². The van der Waals surface area contributed by atoms with Crippen molar-refractivity contribution in [2.45, 2.75) is 115 Å². The Bertz CT molecular complexity index is 2170. The molecule has 4 heterocycles. The van der Waals surface area contributed by atoms with Crippen LogP contribution in [0.5, 0.6) is 0 Å². The number of benzene rings is 2. The van der Waals surface area contributed by atoms with Crippen LogP contribution in [0.2, 0.25) is 0 Å². The molecule has 2 aliphatic heterocycles. The molecule has 2 aromatic carbocycles. The monoisotopic (exact) mass is 756 g/mol. The van der Waals surface area contributed by atoms with Crippen LogP contribution in [-0.4, -0.2) is 90.2 Å². The number of fused-ring (bicyclic) bond motifs is 2. The molecule has 7 rings (SSSR count). The lowest BCUT2D eigenvalue weighted by Gasteiger charge is -2.40. The first-order valence-electron chi connectivity index (χ1n) is 19.7. The van der Waals surface area contributed by atoms with Crippen molar-refractivity contribution >= 4 is 51.2 Å². The highest BCUT2D eigenvalue weighted by molar-refractivity contribution is 6.00. The van der Waals surface area contributed by atoms with Crippen LogP contribution >= 0.6 is 0 Å². The fraction of sp³-hybridized carbons (Fsp3) is 0.585. The van der Waals surface area contributed by atoms with E-state index < -0.39 is 29.2 Å². The number of piperidine rings is 2. The topological polar surface area (TPSA) is 158 Å². The minimum absolute atomic E-state index is 0.212. The normalized spacial score (nSPS) is 21.8. The number of nitrogens with zero attached hydrogens (tertiary/aromatic N) is 7. The van der Waals surface area contributed by atoms with Gasteiger partial charge in [-0.05, 0) is 117 Å². The summed E-state index contributed by atoms with van der Waals surface area (Å²) in [6.45, 7) is 11.7. The summed E-state index contributed by atoms with van der Waals surface area (Å²) in [5.74, 6) is -0.139. The van der Waals surface area contributed by atoms with Crippen LogP contribution in [0.15, 0.2) is 41.3 Å². The van der Waals surface area contributed by atoms with Crippen LogP contribution in [0.3, 0.4) is 0 Å². The van der Waals surface area contributed by atoms with Gasteiger partial charge in [-0.1, -0.05) is 6.07 Å². The summed E-state index contributed by atoms with van der Waals surface area (Å²) in [5, 5.41) is 29.4. The fourth-order valence-corrected chi connectivity index (χ4v) is 9.29. The number of anilines is 2. The maximum absolute atomic E-state index is 13.5. The summed E-state index contributed by atoms with van der Waals surface area (Å²) in [4.78, 5) is 56.6. The van der Waals surface area contributed by atoms with Gasteiger partial charge in [0.2, 0.25) is 11.8 Å². The van der Waals surface area contributed by atoms with Crippen LogP contribution in [0.1, 0.15) is 104 Å². The number of imidazole rings is 1. The predicted molar refractivity (Wildman–Crippen MR) is 213 cm³/mol. The van der Waals surface area contributed by atoms with E-state index in [0.717, 1.165) is 80.3 Å². The van der Waals surface area contributed by atoms with Gasteiger partial charge in [-0.3, -0.25) is 33.6 Å². The molecule has 3 fully saturated rings. The van der Waals surface area contributed by atoms with Crippen molar-refractivity contribution in [2.24, 2.45) is 13.0 Å². The first kappa shape index (κ1) is 38.6. The van der Waals surface area contributed by atoms with E-state index in [4.69, 9.17) is 5.10 Å². The molecule has 1 aliphatic carbocycles. The summed E-state index contributed by atoms with van der Waals surface area (Å²) in [5.41, 5.74) is 2.07. The minimum Gasteiger partial charge on any atom is -0.465 e. The van der Waals surface area contributed by atoms with Crippen LogP contribution in [0.4, 0.5) is 16.2 Å². The standard InChI is InChI=1S/C41H56N8O6/c1-40(2,3)49(39(53)54)34-21-26-24-47(43-30(26)22-29(34)41(4,5)55)28-13-11-25(12-14-28)23-44(6)27-17-19-46(20-18-27)31-9-8-10-32-36(31)45(7)38(52)48(32)33-15-16-35(50)42-37(33)51/h8-10,21-22,24-25,27-28,33,55H,11-20,23H2,1-7H3,(H,53,54)(H,42,50,51). The molecule has 55 heavy (non-hydrogen) atoms. The summed E-state index contributed by atoms with van der Waals surface area (Å²) in [7, 11) is 4.00. The Balaban J connectivity index is 0.980. The van der Waals surface area contributed by atoms with Gasteiger partial charge in [0.05, 0.1) is 39.6 Å². The molecule has 1 saturated carbocycles. The number of para-hydroxylation sites is 1. The molecule has 2 saturated heterocycles. The molecule has 14 nitrogen and oxygen atoms in total. The van der Waals surface area contributed by atoms with Gasteiger partial charge < -0.3 is 20.0 Å². The smallest absolute Gasteiger partial charge is 0.412 e. The van der Waals surface area contributed by atoms with Crippen LogP contribution < -0.4 is 20.8 Å². The quantitative estimate of drug-likeness (QED) is 0.197. The number of aromatic nitrogens is 4. The lowest BCUT2D eigenvalue weighted by Crippen LogP contribution is -2.46. The largest absolute Gasteiger partial charge is 0.465 e. The third kappa shape index (κ3) is 7.38. The Hall–Kier alpha value is -4.69. The van der Waals surface area contributed by atoms with E-state index >= 15 is 0 Å². The molecule has 3 aliphatic rings. The number of carbonyl (C=O) groups is 3. The highest BCUT2D eigenvalue weighted by Crippen LogP contribution is 2.39. The molecule has 0 radical (unpaired) electrons. The first-order valence-corrected chi connectivity index (χ1v) is 19.7. The van der Waals surface area contributed by atoms with Crippen molar-refractivity contribution in [1.82, 2.24) is 29.1 Å². The van der Waals surface area contributed by atoms with Crippen molar-refractivity contribution in [1.29, 1.82) is 0 Å². The predicted octanol–water partition coefficient (Wildman–Crippen LogP) is 5.51. The van der Waals surface area contributed by atoms with E-state index in [-0.39, 0.29) is 24.1 Å². The summed E-state index contributed by atoms with van der Waals surface area (Å²) >= 11 is 0. The number of carbonyl (C=O) groups excluding carboxylic acids is 2. The average Bonchev–Trinajstić information content (AvgIpc) is 3.65. The zero-order valence-electron chi connectivity index (χ0n) is 33.2. The van der Waals surface area contributed by atoms with E-state index in [1.54, 1.807) is 30.0 Å². The number of nitrogens with one attached hydrogen (secondary N) is 1. The number of hydrogen-bond donors (Lipinski definition) is 3. The number of aryl methyl sites for hydroxylation is 1. The lowest BCUT2D eigenvalue weighted by atomic mass is 9.85. The molecular formula is C41H56N8O6. The zero-order chi connectivity index (χ0) is 39.6. The molecule has 2 aromatic heterocycles. The first-order chi connectivity index (χ1) is 25.9. The maximum Gasteiger partial charge on any atom is 0.412 e. The van der Waals surface area contributed by atoms with Crippen molar-refractivity contribution in [3.8, 4) is 0 Å². The third-order valence-electron chi connectivity index (χ3n) is 12.2. The van der Waals surface area contributed by atoms with Crippen molar-refractivity contribution in [3.05, 3.63) is 52.6 Å². The van der Waals surface area contributed by atoms with Gasteiger partial charge in [-0.15, -0.1) is 0 Å². The van der Waals surface area contributed by atoms with E-state index in [0.29, 0.717) is 35.1 Å². The summed E-state index contributed by atoms with van der Waals surface area (Å²) < 4.78 is 5.24. The number of amides is 3. The molecule has 0 spiro atoms. The van der Waals surface area contributed by atoms with Crippen LogP contribution in [0, 0.1) is 5.92 Å². The molecule has 3 amide bonds. The molecule has 1 unspecified atom stereocenters. The van der Waals surface area contributed by atoms with Gasteiger partial charge in [0.15, 0.2) is 0 Å². The molecule has 1 atom stereocenters. The van der Waals surface area contributed by atoms with Gasteiger partial charge in [0.1, 0.15) is 6.04 Å². The second kappa shape index (κ2) is 14.4. The minimum atomic E-state index is -1.26. The molecule has 4 aromatic rings. The second-order valence-electron chi connectivity index (χ2n) is 17.5. The second-order valence-corrected chi connectivity index (χ2v) is 17.5. The highest BCUT2D eigenvalue weighted by Gasteiger charge is 2.36. The van der Waals surface area contributed by atoms with E-state index in [1.807, 2.05) is 51.2 Å². The van der Waals surface area contributed by atoms with Gasteiger partial charge in [0.25, 0.3) is 0 Å². The number of aliphatic hydroxyl groups is 1. The molecule has 3 N–H and O–H groups in total. The Morgan fingerprint density at radius 2 is 1.67 bits per heavy atom. The lowest BCUT2D eigenvalue weighted by molar-refractivity contribution is -0.135. The molecule has 296 valence electrons. The SMILES string of the molecule is CN(CC1CCC(n2cc3cc(N(C(=O)O)C(C)(C)C)c(C(C)(C)O)cc3n2)CC1)C1CCN(c2cccc3c2n(C)c(=O)n3C2CCC(=O)NC2=O)CC1. The van der Waals surface area contributed by atoms with Gasteiger partial charge in [-0.2, -0.15) is 5.10 Å².